The monoisotopic (exact) mass is 391 g/mol. The lowest BCUT2D eigenvalue weighted by Gasteiger charge is -2.15. The summed E-state index contributed by atoms with van der Waals surface area (Å²) in [6.07, 6.45) is 4.58. The summed E-state index contributed by atoms with van der Waals surface area (Å²) in [4.78, 5) is 4.58. The molecular formula is C21H17N3O3S. The number of para-hydroxylation sites is 1. The van der Waals surface area contributed by atoms with Crippen molar-refractivity contribution < 1.29 is 12.7 Å². The topological polar surface area (TPSA) is 91.9 Å². The van der Waals surface area contributed by atoms with Gasteiger partial charge in [-0.25, -0.2) is 0 Å². The van der Waals surface area contributed by atoms with Gasteiger partial charge in [0.2, 0.25) is 0 Å². The van der Waals surface area contributed by atoms with E-state index in [-0.39, 0.29) is 0 Å². The van der Waals surface area contributed by atoms with Crippen LogP contribution in [0, 0.1) is 11.3 Å². The first-order valence-corrected chi connectivity index (χ1v) is 10.2. The van der Waals surface area contributed by atoms with Gasteiger partial charge in [-0.05, 0) is 29.3 Å². The lowest BCUT2D eigenvalue weighted by atomic mass is 9.91. The maximum absolute atomic E-state index is 11.3. The number of allylic oxidation sites excluding steroid dienone is 4. The standard InChI is InChI=1S/C21H17N3O3S/c1-28(25,26)27-24-20-13-12-17(19(15-22)16-8-4-2-5-9-16)14-21(20)23-18-10-6-3-7-11-18/h2-13H,14H2,1H3. The summed E-state index contributed by atoms with van der Waals surface area (Å²) in [6.45, 7) is 0. The fourth-order valence-corrected chi connectivity index (χ4v) is 2.87. The maximum Gasteiger partial charge on any atom is 0.325 e. The second-order valence-corrected chi connectivity index (χ2v) is 7.59. The molecule has 0 amide bonds. The molecular weight excluding hydrogens is 374 g/mol. The molecule has 0 aliphatic heterocycles. The number of hydrogen-bond donors (Lipinski definition) is 0. The molecule has 3 rings (SSSR count). The molecule has 1 aliphatic rings. The van der Waals surface area contributed by atoms with Crippen molar-refractivity contribution in [2.75, 3.05) is 6.26 Å². The van der Waals surface area contributed by atoms with Crippen molar-refractivity contribution in [3.63, 3.8) is 0 Å². The number of benzene rings is 2. The van der Waals surface area contributed by atoms with Gasteiger partial charge in [-0.2, -0.15) is 13.7 Å². The zero-order chi connectivity index (χ0) is 20.0. The third-order valence-electron chi connectivity index (χ3n) is 3.88. The number of rotatable bonds is 4. The van der Waals surface area contributed by atoms with Crippen LogP contribution >= 0.6 is 0 Å². The van der Waals surface area contributed by atoms with Crippen molar-refractivity contribution in [3.8, 4) is 6.07 Å². The highest BCUT2D eigenvalue weighted by Gasteiger charge is 2.19. The lowest BCUT2D eigenvalue weighted by Crippen LogP contribution is -2.18. The number of nitrogens with zero attached hydrogens (tertiary/aromatic N) is 3. The predicted molar refractivity (Wildman–Crippen MR) is 110 cm³/mol. The highest BCUT2D eigenvalue weighted by molar-refractivity contribution is 7.85. The quantitative estimate of drug-likeness (QED) is 0.581. The number of hydrogen-bond acceptors (Lipinski definition) is 6. The van der Waals surface area contributed by atoms with Crippen LogP contribution in [-0.2, 0) is 14.4 Å². The Morgan fingerprint density at radius 1 is 1.04 bits per heavy atom. The molecule has 0 atom stereocenters. The van der Waals surface area contributed by atoms with Crippen LogP contribution in [0.2, 0.25) is 0 Å². The van der Waals surface area contributed by atoms with Crippen molar-refractivity contribution in [2.45, 2.75) is 6.42 Å². The average Bonchev–Trinajstić information content (AvgIpc) is 2.69. The van der Waals surface area contributed by atoms with Gasteiger partial charge in [0.1, 0.15) is 11.8 Å². The van der Waals surface area contributed by atoms with Gasteiger partial charge in [0.25, 0.3) is 0 Å². The molecule has 0 N–H and O–H groups in total. The van der Waals surface area contributed by atoms with Crippen molar-refractivity contribution in [1.82, 2.24) is 0 Å². The van der Waals surface area contributed by atoms with Crippen molar-refractivity contribution in [1.29, 1.82) is 5.26 Å². The third kappa shape index (κ3) is 5.02. The Bertz CT molecular complexity index is 1120. The van der Waals surface area contributed by atoms with Gasteiger partial charge < -0.3 is 0 Å². The normalized spacial score (nSPS) is 18.7. The fraction of sp³-hybridized carbons (Fsp3) is 0.0952. The smallest absolute Gasteiger partial charge is 0.268 e. The molecule has 0 saturated heterocycles. The van der Waals surface area contributed by atoms with Gasteiger partial charge in [0, 0.05) is 6.42 Å². The van der Waals surface area contributed by atoms with E-state index in [4.69, 9.17) is 0 Å². The van der Waals surface area contributed by atoms with E-state index in [1.54, 1.807) is 12.2 Å². The minimum Gasteiger partial charge on any atom is -0.268 e. The minimum absolute atomic E-state index is 0.295. The molecule has 0 aromatic heterocycles. The SMILES string of the molecule is CS(=O)(=O)ON=C1C=CC(=C(C#N)c2ccccc2)CC1=Nc1ccccc1. The summed E-state index contributed by atoms with van der Waals surface area (Å²) in [5.41, 5.74) is 3.59. The van der Waals surface area contributed by atoms with E-state index >= 15 is 0 Å². The molecule has 1 aliphatic carbocycles. The molecule has 7 heteroatoms. The molecule has 140 valence electrons. The molecule has 0 radical (unpaired) electrons. The van der Waals surface area contributed by atoms with E-state index in [1.165, 1.54) is 0 Å². The summed E-state index contributed by atoms with van der Waals surface area (Å²) >= 11 is 0. The molecule has 0 saturated carbocycles. The highest BCUT2D eigenvalue weighted by Crippen LogP contribution is 2.26. The first kappa shape index (κ1) is 19.3. The van der Waals surface area contributed by atoms with Gasteiger partial charge in [0.15, 0.2) is 0 Å². The summed E-state index contributed by atoms with van der Waals surface area (Å²) in [7, 11) is -3.74. The number of nitriles is 1. The molecule has 2 aromatic rings. The predicted octanol–water partition coefficient (Wildman–Crippen LogP) is 4.03. The Morgan fingerprint density at radius 2 is 1.68 bits per heavy atom. The molecule has 0 spiro atoms. The first-order valence-electron chi connectivity index (χ1n) is 8.42. The fourth-order valence-electron chi connectivity index (χ4n) is 2.65. The van der Waals surface area contributed by atoms with E-state index in [1.807, 2.05) is 60.7 Å². The van der Waals surface area contributed by atoms with Crippen LogP contribution in [0.1, 0.15) is 12.0 Å². The molecule has 0 bridgehead atoms. The highest BCUT2D eigenvalue weighted by atomic mass is 32.2. The maximum atomic E-state index is 11.3. The molecule has 0 heterocycles. The van der Waals surface area contributed by atoms with Crippen LogP contribution in [0.25, 0.3) is 5.57 Å². The molecule has 0 fully saturated rings. The van der Waals surface area contributed by atoms with Gasteiger partial charge in [-0.1, -0.05) is 59.8 Å². The number of aliphatic imine (C=N–C) groups is 1. The van der Waals surface area contributed by atoms with E-state index in [9.17, 15) is 13.7 Å². The number of oxime groups is 1. The van der Waals surface area contributed by atoms with Crippen molar-refractivity contribution in [2.24, 2.45) is 10.1 Å². The Hall–Kier alpha value is -3.50. The van der Waals surface area contributed by atoms with Gasteiger partial charge in [0.05, 0.1) is 23.2 Å². The van der Waals surface area contributed by atoms with E-state index < -0.39 is 10.1 Å². The second-order valence-electron chi connectivity index (χ2n) is 6.04. The molecule has 0 unspecified atom stereocenters. The summed E-state index contributed by atoms with van der Waals surface area (Å²) in [6, 6.07) is 20.8. The Kier molecular flexibility index (Phi) is 5.82. The van der Waals surface area contributed by atoms with Gasteiger partial charge in [-0.3, -0.25) is 9.28 Å². The molecule has 2 aromatic carbocycles. The van der Waals surface area contributed by atoms with Crippen molar-refractivity contribution >= 4 is 32.8 Å². The Morgan fingerprint density at radius 3 is 2.29 bits per heavy atom. The van der Waals surface area contributed by atoms with E-state index in [0.717, 1.165) is 17.4 Å². The Labute approximate surface area is 163 Å². The van der Waals surface area contributed by atoms with Gasteiger partial charge >= 0.3 is 10.1 Å². The van der Waals surface area contributed by atoms with Crippen molar-refractivity contribution in [3.05, 3.63) is 84.0 Å². The van der Waals surface area contributed by atoms with Crippen LogP contribution in [0.4, 0.5) is 5.69 Å². The zero-order valence-electron chi connectivity index (χ0n) is 15.1. The summed E-state index contributed by atoms with van der Waals surface area (Å²) in [5, 5.41) is 13.4. The van der Waals surface area contributed by atoms with E-state index in [2.05, 4.69) is 20.5 Å². The van der Waals surface area contributed by atoms with Crippen LogP contribution in [0.5, 0.6) is 0 Å². The second kappa shape index (κ2) is 8.46. The zero-order valence-corrected chi connectivity index (χ0v) is 15.9. The van der Waals surface area contributed by atoms with E-state index in [0.29, 0.717) is 29.1 Å². The van der Waals surface area contributed by atoms with Gasteiger partial charge in [-0.15, -0.1) is 0 Å². The molecule has 28 heavy (non-hydrogen) atoms. The van der Waals surface area contributed by atoms with Crippen LogP contribution < -0.4 is 0 Å². The molecule has 6 nitrogen and oxygen atoms in total. The minimum atomic E-state index is -3.74. The average molecular weight is 391 g/mol. The third-order valence-corrected chi connectivity index (χ3v) is 4.23. The van der Waals surface area contributed by atoms with Crippen LogP contribution in [-0.4, -0.2) is 26.1 Å². The lowest BCUT2D eigenvalue weighted by molar-refractivity contribution is 0.344. The van der Waals surface area contributed by atoms with Crippen LogP contribution in [0.3, 0.4) is 0 Å². The summed E-state index contributed by atoms with van der Waals surface area (Å²) < 4.78 is 27.2. The Balaban J connectivity index is 2.08. The first-order chi connectivity index (χ1) is 13.5. The van der Waals surface area contributed by atoms with Crippen LogP contribution in [0.15, 0.2) is 88.5 Å². The largest absolute Gasteiger partial charge is 0.325 e. The summed E-state index contributed by atoms with van der Waals surface area (Å²) in [5.74, 6) is 0.